The number of carbonyl (C=O) groups excluding carboxylic acids is 5. The van der Waals surface area contributed by atoms with Gasteiger partial charge in [-0.15, -0.1) is 0 Å². The average Bonchev–Trinajstić information content (AvgIpc) is 3.51. The molecule has 2 aliphatic carbocycles. The lowest BCUT2D eigenvalue weighted by molar-refractivity contribution is -0.144. The summed E-state index contributed by atoms with van der Waals surface area (Å²) in [5.41, 5.74) is 3.66. The number of carbonyl (C=O) groups is 5. The van der Waals surface area contributed by atoms with Crippen molar-refractivity contribution in [3.05, 3.63) is 0 Å². The third-order valence-electron chi connectivity index (χ3n) is 10.4. The molecule has 4 rings (SSSR count). The van der Waals surface area contributed by atoms with Gasteiger partial charge in [0.2, 0.25) is 17.6 Å². The van der Waals surface area contributed by atoms with Crippen LogP contribution in [0, 0.1) is 23.2 Å². The molecule has 2 saturated heterocycles. The molecule has 5 amide bonds. The van der Waals surface area contributed by atoms with Gasteiger partial charge < -0.3 is 26.6 Å². The molecule has 0 spiro atoms. The SMILES string of the molecule is CC(C)[C@H]1CCN(C(=O)[C@@H](NC(=O)NC2(C3CCCS3(=O)=O)CCCCC2)C(C)(C)C)[C@@H]1C(=O)NC(CC1CC1)C(=O)C(N)=O. The summed E-state index contributed by atoms with van der Waals surface area (Å²) in [6, 6.07) is -3.56. The van der Waals surface area contributed by atoms with Gasteiger partial charge in [0.05, 0.1) is 22.6 Å². The number of nitrogens with two attached hydrogens (primary N) is 1. The van der Waals surface area contributed by atoms with Gasteiger partial charge in [0.25, 0.3) is 5.91 Å². The molecule has 45 heavy (non-hydrogen) atoms. The number of nitrogens with one attached hydrogen (secondary N) is 3. The number of amides is 5. The Labute approximate surface area is 267 Å². The van der Waals surface area contributed by atoms with Crippen LogP contribution in [-0.2, 0) is 29.0 Å². The highest BCUT2D eigenvalue weighted by atomic mass is 32.2. The van der Waals surface area contributed by atoms with E-state index in [-0.39, 0.29) is 30.1 Å². The largest absolute Gasteiger partial charge is 0.363 e. The normalized spacial score (nSPS) is 27.4. The molecule has 4 aliphatic rings. The first kappa shape index (κ1) is 35.2. The summed E-state index contributed by atoms with van der Waals surface area (Å²) in [7, 11) is -3.35. The molecule has 13 heteroatoms. The maximum atomic E-state index is 14.3. The summed E-state index contributed by atoms with van der Waals surface area (Å²) in [5.74, 6) is -2.70. The molecule has 2 saturated carbocycles. The number of primary amides is 1. The molecule has 5 N–H and O–H groups in total. The van der Waals surface area contributed by atoms with Crippen molar-refractivity contribution in [2.75, 3.05) is 12.3 Å². The monoisotopic (exact) mass is 651 g/mol. The summed E-state index contributed by atoms with van der Waals surface area (Å²) in [5, 5.41) is 8.05. The van der Waals surface area contributed by atoms with Gasteiger partial charge in [0.15, 0.2) is 9.84 Å². The first-order valence-electron chi connectivity index (χ1n) is 16.7. The summed E-state index contributed by atoms with van der Waals surface area (Å²) in [4.78, 5) is 67.7. The van der Waals surface area contributed by atoms with Crippen LogP contribution in [0.2, 0.25) is 0 Å². The molecular weight excluding hydrogens is 598 g/mol. The van der Waals surface area contributed by atoms with E-state index in [0.29, 0.717) is 38.5 Å². The zero-order chi connectivity index (χ0) is 33.3. The highest BCUT2D eigenvalue weighted by molar-refractivity contribution is 7.92. The van der Waals surface area contributed by atoms with Gasteiger partial charge in [-0.1, -0.05) is 66.7 Å². The molecule has 0 radical (unpaired) electrons. The van der Waals surface area contributed by atoms with Gasteiger partial charge in [0, 0.05) is 6.54 Å². The molecule has 2 unspecified atom stereocenters. The van der Waals surface area contributed by atoms with E-state index in [1.165, 1.54) is 4.90 Å². The Kier molecular flexibility index (Phi) is 10.6. The smallest absolute Gasteiger partial charge is 0.315 e. The zero-order valence-electron chi connectivity index (χ0n) is 27.5. The predicted octanol–water partition coefficient (Wildman–Crippen LogP) is 2.19. The lowest BCUT2D eigenvalue weighted by Gasteiger charge is -2.43. The second kappa shape index (κ2) is 13.6. The quantitative estimate of drug-likeness (QED) is 0.247. The highest BCUT2D eigenvalue weighted by Crippen LogP contribution is 2.40. The van der Waals surface area contributed by atoms with Crippen LogP contribution in [0.15, 0.2) is 0 Å². The number of hydrogen-bond donors (Lipinski definition) is 4. The molecule has 5 atom stereocenters. The summed E-state index contributed by atoms with van der Waals surface area (Å²) in [6.45, 7) is 9.73. The first-order valence-corrected chi connectivity index (χ1v) is 18.4. The molecule has 12 nitrogen and oxygen atoms in total. The van der Waals surface area contributed by atoms with Crippen molar-refractivity contribution >= 4 is 39.4 Å². The van der Waals surface area contributed by atoms with Crippen LogP contribution in [-0.4, -0.2) is 84.1 Å². The third-order valence-corrected chi connectivity index (χ3v) is 12.8. The van der Waals surface area contributed by atoms with E-state index in [1.807, 2.05) is 34.6 Å². The standard InChI is InChI=1S/C32H53N5O7S/c1-19(2)21-13-16-37(24(21)28(40)34-22(18-20-11-12-20)25(38)27(33)39)29(41)26(31(3,4)5)35-30(42)36-32(14-7-6-8-15-32)23-10-9-17-45(23,43)44/h19-24,26H,6-18H2,1-5H3,(H2,33,39)(H,34,40)(H2,35,36,42)/t21-,22?,23?,24+,26-/m1/s1. The Balaban J connectivity index is 1.56. The maximum absolute atomic E-state index is 14.3. The van der Waals surface area contributed by atoms with E-state index in [9.17, 15) is 32.4 Å². The van der Waals surface area contributed by atoms with Crippen molar-refractivity contribution < 1.29 is 32.4 Å². The fraction of sp³-hybridized carbons (Fsp3) is 0.844. The van der Waals surface area contributed by atoms with Gasteiger partial charge in [-0.2, -0.15) is 0 Å². The second-order valence-corrected chi connectivity index (χ2v) is 17.6. The second-order valence-electron chi connectivity index (χ2n) is 15.3. The van der Waals surface area contributed by atoms with Crippen LogP contribution < -0.4 is 21.7 Å². The number of hydrogen-bond acceptors (Lipinski definition) is 7. The van der Waals surface area contributed by atoms with E-state index >= 15 is 0 Å². The van der Waals surface area contributed by atoms with Crippen LogP contribution >= 0.6 is 0 Å². The van der Waals surface area contributed by atoms with Crippen LogP contribution in [0.5, 0.6) is 0 Å². The van der Waals surface area contributed by atoms with Crippen LogP contribution in [0.4, 0.5) is 4.79 Å². The number of likely N-dealkylation sites (tertiary alicyclic amines) is 1. The van der Waals surface area contributed by atoms with E-state index in [2.05, 4.69) is 16.0 Å². The van der Waals surface area contributed by atoms with Crippen molar-refractivity contribution in [1.29, 1.82) is 0 Å². The highest BCUT2D eigenvalue weighted by Gasteiger charge is 2.51. The lowest BCUT2D eigenvalue weighted by atomic mass is 9.78. The number of urea groups is 1. The number of sulfone groups is 1. The summed E-state index contributed by atoms with van der Waals surface area (Å²) >= 11 is 0. The van der Waals surface area contributed by atoms with Crippen molar-refractivity contribution in [2.24, 2.45) is 28.9 Å². The van der Waals surface area contributed by atoms with E-state index in [4.69, 9.17) is 5.73 Å². The molecule has 254 valence electrons. The average molecular weight is 652 g/mol. The van der Waals surface area contributed by atoms with Gasteiger partial charge in [-0.25, -0.2) is 13.2 Å². The Morgan fingerprint density at radius 1 is 0.933 bits per heavy atom. The van der Waals surface area contributed by atoms with Gasteiger partial charge in [0.1, 0.15) is 12.1 Å². The van der Waals surface area contributed by atoms with Crippen molar-refractivity contribution in [3.8, 4) is 0 Å². The van der Waals surface area contributed by atoms with Gasteiger partial charge in [-0.05, 0) is 61.7 Å². The Bertz CT molecular complexity index is 1270. The first-order chi connectivity index (χ1) is 21.0. The molecule has 0 bridgehead atoms. The molecule has 4 fully saturated rings. The molecule has 2 aliphatic heterocycles. The summed E-state index contributed by atoms with van der Waals surface area (Å²) in [6.07, 6.45) is 7.52. The Morgan fingerprint density at radius 2 is 1.58 bits per heavy atom. The minimum Gasteiger partial charge on any atom is -0.363 e. The van der Waals surface area contributed by atoms with Crippen LogP contribution in [0.1, 0.15) is 105 Å². The minimum atomic E-state index is -3.35. The van der Waals surface area contributed by atoms with Crippen molar-refractivity contribution in [3.63, 3.8) is 0 Å². The number of rotatable bonds is 11. The van der Waals surface area contributed by atoms with Crippen molar-refractivity contribution in [1.82, 2.24) is 20.9 Å². The number of ketones is 1. The van der Waals surface area contributed by atoms with E-state index in [0.717, 1.165) is 32.1 Å². The Morgan fingerprint density at radius 3 is 2.09 bits per heavy atom. The lowest BCUT2D eigenvalue weighted by Crippen LogP contribution is -2.65. The minimum absolute atomic E-state index is 0.0381. The molecular formula is C32H53N5O7S. The molecule has 0 aromatic rings. The zero-order valence-corrected chi connectivity index (χ0v) is 28.3. The number of Topliss-reactive ketones (excluding diaryl/α,β-unsaturated/α-hetero) is 1. The Hall–Kier alpha value is -2.70. The topological polar surface area (TPSA) is 185 Å². The van der Waals surface area contributed by atoms with Crippen LogP contribution in [0.25, 0.3) is 0 Å². The predicted molar refractivity (Wildman–Crippen MR) is 169 cm³/mol. The maximum Gasteiger partial charge on any atom is 0.315 e. The number of nitrogens with zero attached hydrogens (tertiary/aromatic N) is 1. The van der Waals surface area contributed by atoms with Gasteiger partial charge >= 0.3 is 6.03 Å². The summed E-state index contributed by atoms with van der Waals surface area (Å²) < 4.78 is 26.0. The van der Waals surface area contributed by atoms with Gasteiger partial charge in [-0.3, -0.25) is 19.2 Å². The molecule has 2 heterocycles. The molecule has 0 aromatic carbocycles. The molecule has 0 aromatic heterocycles. The van der Waals surface area contributed by atoms with E-state index < -0.39 is 73.7 Å². The third kappa shape index (κ3) is 8.00. The van der Waals surface area contributed by atoms with Crippen molar-refractivity contribution in [2.45, 2.75) is 134 Å². The van der Waals surface area contributed by atoms with E-state index in [1.54, 1.807) is 0 Å². The fourth-order valence-corrected chi connectivity index (χ4v) is 10.1. The fourth-order valence-electron chi connectivity index (χ4n) is 7.77. The van der Waals surface area contributed by atoms with Crippen LogP contribution in [0.3, 0.4) is 0 Å².